The highest BCUT2D eigenvalue weighted by Gasteiger charge is 2.17. The van der Waals surface area contributed by atoms with Crippen LogP contribution in [0.1, 0.15) is 33.0 Å². The number of amides is 1. The minimum absolute atomic E-state index is 0.224. The van der Waals surface area contributed by atoms with Crippen LogP contribution >= 0.6 is 11.6 Å². The van der Waals surface area contributed by atoms with Crippen LogP contribution in [0.2, 0.25) is 5.02 Å². The fourth-order valence-electron chi connectivity index (χ4n) is 3.99. The number of fused-ring (bicyclic) bond motifs is 1. The van der Waals surface area contributed by atoms with Crippen LogP contribution < -0.4 is 14.8 Å². The van der Waals surface area contributed by atoms with E-state index in [9.17, 15) is 9.18 Å². The van der Waals surface area contributed by atoms with Gasteiger partial charge in [-0.25, -0.2) is 4.39 Å². The highest BCUT2D eigenvalue weighted by atomic mass is 35.5. The van der Waals surface area contributed by atoms with Crippen molar-refractivity contribution in [3.8, 4) is 11.5 Å². The van der Waals surface area contributed by atoms with Gasteiger partial charge in [-0.2, -0.15) is 0 Å². The van der Waals surface area contributed by atoms with Crippen molar-refractivity contribution in [1.29, 1.82) is 0 Å². The molecule has 3 aromatic carbocycles. The first-order chi connectivity index (χ1) is 17.5. The molecule has 1 aromatic heterocycles. The first kappa shape index (κ1) is 23.9. The van der Waals surface area contributed by atoms with Crippen molar-refractivity contribution in [1.82, 2.24) is 10.2 Å². The van der Waals surface area contributed by atoms with E-state index in [1.54, 1.807) is 24.3 Å². The van der Waals surface area contributed by atoms with E-state index >= 15 is 0 Å². The molecule has 0 aliphatic carbocycles. The molecule has 0 atom stereocenters. The molecular formula is C28H24ClFN2O4. The number of hydrogen-bond donors (Lipinski definition) is 1. The number of halogens is 2. The van der Waals surface area contributed by atoms with E-state index in [2.05, 4.69) is 10.2 Å². The fraction of sp³-hybridized carbons (Fsp3) is 0.179. The minimum Gasteiger partial charge on any atom is -0.455 e. The number of furan rings is 1. The summed E-state index contributed by atoms with van der Waals surface area (Å²) < 4.78 is 29.9. The monoisotopic (exact) mass is 506 g/mol. The van der Waals surface area contributed by atoms with Crippen molar-refractivity contribution in [3.63, 3.8) is 0 Å². The van der Waals surface area contributed by atoms with Gasteiger partial charge in [0.15, 0.2) is 17.3 Å². The summed E-state index contributed by atoms with van der Waals surface area (Å²) in [5.74, 6) is 1.72. The number of carbonyl (C=O) groups excluding carboxylic acids is 1. The Morgan fingerprint density at radius 3 is 2.33 bits per heavy atom. The Balaban J connectivity index is 1.27. The highest BCUT2D eigenvalue weighted by molar-refractivity contribution is 6.30. The number of nitrogens with zero attached hydrogens (tertiary/aromatic N) is 1. The average molecular weight is 507 g/mol. The Bertz CT molecular complexity index is 1340. The zero-order valence-corrected chi connectivity index (χ0v) is 20.1. The van der Waals surface area contributed by atoms with E-state index < -0.39 is 0 Å². The van der Waals surface area contributed by atoms with Gasteiger partial charge in [0.1, 0.15) is 11.6 Å². The number of ether oxygens (including phenoxy) is 2. The number of rotatable bonds is 9. The van der Waals surface area contributed by atoms with E-state index in [1.165, 1.54) is 12.1 Å². The lowest BCUT2D eigenvalue weighted by molar-refractivity contribution is 0.0918. The standard InChI is InChI=1S/C28H24ClFN2O4/c29-22-6-1-20(2-7-22)15-32(16-21-5-11-25-27(13-21)35-18-34-25)17-24-10-12-26(36-24)28(33)31-14-19-3-8-23(30)9-4-19/h1-13H,14-18H2,(H,31,33). The summed E-state index contributed by atoms with van der Waals surface area (Å²) in [5.41, 5.74) is 2.97. The van der Waals surface area contributed by atoms with Crippen molar-refractivity contribution < 1.29 is 23.1 Å². The topological polar surface area (TPSA) is 63.9 Å². The molecule has 0 spiro atoms. The Morgan fingerprint density at radius 2 is 1.53 bits per heavy atom. The van der Waals surface area contributed by atoms with Gasteiger partial charge in [-0.1, -0.05) is 41.9 Å². The molecule has 4 aromatic rings. The van der Waals surface area contributed by atoms with Crippen molar-refractivity contribution in [2.45, 2.75) is 26.2 Å². The highest BCUT2D eigenvalue weighted by Crippen LogP contribution is 2.33. The third-order valence-corrected chi connectivity index (χ3v) is 6.05. The van der Waals surface area contributed by atoms with Gasteiger partial charge in [-0.05, 0) is 65.2 Å². The van der Waals surface area contributed by atoms with Crippen molar-refractivity contribution in [2.24, 2.45) is 0 Å². The molecule has 184 valence electrons. The quantitative estimate of drug-likeness (QED) is 0.305. The molecule has 36 heavy (non-hydrogen) atoms. The van der Waals surface area contributed by atoms with Gasteiger partial charge < -0.3 is 19.2 Å². The molecule has 0 bridgehead atoms. The Kier molecular flexibility index (Phi) is 7.21. The molecule has 0 radical (unpaired) electrons. The molecule has 0 saturated heterocycles. The third-order valence-electron chi connectivity index (χ3n) is 5.79. The summed E-state index contributed by atoms with van der Waals surface area (Å²) in [6.45, 7) is 2.28. The smallest absolute Gasteiger partial charge is 0.287 e. The second kappa shape index (κ2) is 10.8. The fourth-order valence-corrected chi connectivity index (χ4v) is 4.12. The lowest BCUT2D eigenvalue weighted by atomic mass is 10.1. The first-order valence-electron chi connectivity index (χ1n) is 11.5. The summed E-state index contributed by atoms with van der Waals surface area (Å²) in [4.78, 5) is 14.8. The van der Waals surface area contributed by atoms with Crippen LogP contribution in [0.4, 0.5) is 4.39 Å². The molecule has 0 unspecified atom stereocenters. The molecule has 8 heteroatoms. The molecule has 0 fully saturated rings. The summed E-state index contributed by atoms with van der Waals surface area (Å²) in [7, 11) is 0. The van der Waals surface area contributed by atoms with Crippen molar-refractivity contribution in [2.75, 3.05) is 6.79 Å². The number of carbonyl (C=O) groups is 1. The lowest BCUT2D eigenvalue weighted by Gasteiger charge is -2.22. The van der Waals surface area contributed by atoms with Crippen LogP contribution in [0.3, 0.4) is 0 Å². The van der Waals surface area contributed by atoms with Crippen LogP contribution in [0.25, 0.3) is 0 Å². The van der Waals surface area contributed by atoms with Crippen molar-refractivity contribution in [3.05, 3.63) is 118 Å². The van der Waals surface area contributed by atoms with E-state index in [0.29, 0.717) is 30.4 Å². The van der Waals surface area contributed by atoms with Crippen LogP contribution in [-0.4, -0.2) is 17.6 Å². The summed E-state index contributed by atoms with van der Waals surface area (Å²) in [5, 5.41) is 3.49. The number of benzene rings is 3. The Labute approximate surface area is 213 Å². The van der Waals surface area contributed by atoms with Gasteiger partial charge in [0.2, 0.25) is 6.79 Å². The summed E-state index contributed by atoms with van der Waals surface area (Å²) >= 11 is 6.06. The van der Waals surface area contributed by atoms with E-state index in [4.69, 9.17) is 25.5 Å². The summed E-state index contributed by atoms with van der Waals surface area (Å²) in [6, 6.07) is 23.1. The molecule has 2 heterocycles. The van der Waals surface area contributed by atoms with Crippen LogP contribution in [0.15, 0.2) is 83.3 Å². The molecule has 1 aliphatic heterocycles. The Hall–Kier alpha value is -3.81. The second-order valence-corrected chi connectivity index (χ2v) is 8.97. The van der Waals surface area contributed by atoms with Gasteiger partial charge in [0.05, 0.1) is 6.54 Å². The SMILES string of the molecule is O=C(NCc1ccc(F)cc1)c1ccc(CN(Cc2ccc(Cl)cc2)Cc2ccc3c(c2)OCO3)o1. The molecular weight excluding hydrogens is 483 g/mol. The second-order valence-electron chi connectivity index (χ2n) is 8.53. The van der Waals surface area contributed by atoms with E-state index in [-0.39, 0.29) is 30.8 Å². The van der Waals surface area contributed by atoms with E-state index in [1.807, 2.05) is 42.5 Å². The van der Waals surface area contributed by atoms with E-state index in [0.717, 1.165) is 28.2 Å². The Morgan fingerprint density at radius 1 is 0.833 bits per heavy atom. The molecule has 0 saturated carbocycles. The maximum Gasteiger partial charge on any atom is 0.287 e. The molecule has 1 N–H and O–H groups in total. The summed E-state index contributed by atoms with van der Waals surface area (Å²) in [6.07, 6.45) is 0. The third kappa shape index (κ3) is 6.05. The minimum atomic E-state index is -0.328. The van der Waals surface area contributed by atoms with Gasteiger partial charge in [0, 0.05) is 24.7 Å². The molecule has 1 amide bonds. The van der Waals surface area contributed by atoms with Gasteiger partial charge in [-0.3, -0.25) is 9.69 Å². The van der Waals surface area contributed by atoms with Crippen LogP contribution in [-0.2, 0) is 26.2 Å². The van der Waals surface area contributed by atoms with Gasteiger partial charge in [-0.15, -0.1) is 0 Å². The van der Waals surface area contributed by atoms with Crippen molar-refractivity contribution >= 4 is 17.5 Å². The molecule has 5 rings (SSSR count). The average Bonchev–Trinajstić information content (AvgIpc) is 3.54. The van der Waals surface area contributed by atoms with Gasteiger partial charge in [0.25, 0.3) is 5.91 Å². The zero-order valence-electron chi connectivity index (χ0n) is 19.4. The normalized spacial score (nSPS) is 12.2. The largest absolute Gasteiger partial charge is 0.455 e. The maximum atomic E-state index is 13.1. The lowest BCUT2D eigenvalue weighted by Crippen LogP contribution is -2.23. The number of hydrogen-bond acceptors (Lipinski definition) is 5. The van der Waals surface area contributed by atoms with Gasteiger partial charge >= 0.3 is 0 Å². The maximum absolute atomic E-state index is 13.1. The zero-order chi connectivity index (χ0) is 24.9. The van der Waals surface area contributed by atoms with Crippen LogP contribution in [0, 0.1) is 5.82 Å². The predicted molar refractivity (Wildman–Crippen MR) is 133 cm³/mol. The molecule has 1 aliphatic rings. The van der Waals surface area contributed by atoms with Crippen LogP contribution in [0.5, 0.6) is 11.5 Å². The molecule has 6 nitrogen and oxygen atoms in total. The first-order valence-corrected chi connectivity index (χ1v) is 11.9. The predicted octanol–water partition coefficient (Wildman–Crippen LogP) is 5.93. The number of nitrogens with one attached hydrogen (secondary N) is 1.